The van der Waals surface area contributed by atoms with E-state index in [1.807, 2.05) is 0 Å². The number of anilines is 1. The lowest BCUT2D eigenvalue weighted by atomic mass is 10.1. The first-order chi connectivity index (χ1) is 11.0. The molecule has 0 fully saturated rings. The van der Waals surface area contributed by atoms with Crippen LogP contribution in [0.1, 0.15) is 33.6 Å². The molecule has 1 rings (SSSR count). The first-order valence-corrected chi connectivity index (χ1v) is 8.43. The number of nitro benzene ring substituents is 1. The Hall–Kier alpha value is -1.37. The van der Waals surface area contributed by atoms with Crippen molar-refractivity contribution in [3.8, 4) is 0 Å². The van der Waals surface area contributed by atoms with Crippen molar-refractivity contribution < 1.29 is 26.9 Å². The second-order valence-corrected chi connectivity index (χ2v) is 6.14. The molecule has 24 heavy (non-hydrogen) atoms. The van der Waals surface area contributed by atoms with Crippen LogP contribution in [-0.4, -0.2) is 53.3 Å². The van der Waals surface area contributed by atoms with Gasteiger partial charge in [0.2, 0.25) is 0 Å². The molecular weight excluding hydrogens is 330 g/mol. The zero-order valence-electron chi connectivity index (χ0n) is 14.9. The molecule has 0 spiro atoms. The van der Waals surface area contributed by atoms with Crippen molar-refractivity contribution in [2.75, 3.05) is 38.1 Å². The Kier molecular flexibility index (Phi) is 10.6. The number of hydrogen-bond donors (Lipinski definition) is 2. The Morgan fingerprint density at radius 1 is 1.21 bits per heavy atom. The fourth-order valence-corrected chi connectivity index (χ4v) is 2.95. The van der Waals surface area contributed by atoms with Gasteiger partial charge in [0.1, 0.15) is 6.54 Å². The number of likely N-dealkylation sites (N-methyl/N-ethyl adjacent to an activating group) is 1. The largest absolute Gasteiger partial charge is 1.00 e. The van der Waals surface area contributed by atoms with Crippen LogP contribution in [-0.2, 0) is 0 Å². The highest BCUT2D eigenvalue weighted by atomic mass is 35.5. The summed E-state index contributed by atoms with van der Waals surface area (Å²) in [7, 11) is 0. The van der Waals surface area contributed by atoms with Gasteiger partial charge in [-0.05, 0) is 45.7 Å². The highest BCUT2D eigenvalue weighted by Crippen LogP contribution is 2.17. The number of non-ortho nitro benzene ring substituents is 1. The molecule has 0 bridgehead atoms. The maximum atomic E-state index is 10.6. The van der Waals surface area contributed by atoms with Crippen molar-refractivity contribution >= 4 is 11.4 Å². The fourth-order valence-electron chi connectivity index (χ4n) is 2.95. The highest BCUT2D eigenvalue weighted by Gasteiger charge is 2.22. The van der Waals surface area contributed by atoms with E-state index >= 15 is 0 Å². The van der Waals surface area contributed by atoms with E-state index in [-0.39, 0.29) is 29.6 Å². The molecule has 0 aliphatic heterocycles. The summed E-state index contributed by atoms with van der Waals surface area (Å²) in [5.74, 6) is 0. The molecule has 1 aromatic carbocycles. The summed E-state index contributed by atoms with van der Waals surface area (Å²) >= 11 is 0. The van der Waals surface area contributed by atoms with E-state index in [1.165, 1.54) is 12.1 Å². The Morgan fingerprint density at radius 3 is 2.25 bits per heavy atom. The summed E-state index contributed by atoms with van der Waals surface area (Å²) in [6, 6.07) is 6.84. The third-order valence-corrected chi connectivity index (χ3v) is 4.68. The molecule has 1 aromatic rings. The predicted octanol–water partition coefficient (Wildman–Crippen LogP) is 0.0283. The molecule has 0 aliphatic carbocycles. The lowest BCUT2D eigenvalue weighted by molar-refractivity contribution is -0.925. The number of nitrogens with one attached hydrogen (secondary N) is 1. The summed E-state index contributed by atoms with van der Waals surface area (Å²) in [6.45, 7) is 10.7. The first-order valence-electron chi connectivity index (χ1n) is 8.43. The normalized spacial score (nSPS) is 12.3. The standard InChI is InChI=1S/C17H30N3O3.ClH/c1-4-20(5-2,13-14-21)12-6-7-15(3)18-16-8-10-17(11-9-16)19(22)23;/h8-11,15,18,21H,4-7,12-14H2,1-3H3;1H/q+1;/p-1. The fraction of sp³-hybridized carbons (Fsp3) is 0.647. The number of benzene rings is 1. The monoisotopic (exact) mass is 359 g/mol. The molecule has 0 aromatic heterocycles. The summed E-state index contributed by atoms with van der Waals surface area (Å²) in [5, 5.41) is 23.3. The zero-order valence-corrected chi connectivity index (χ0v) is 15.6. The van der Waals surface area contributed by atoms with Crippen LogP contribution in [0.15, 0.2) is 24.3 Å². The minimum Gasteiger partial charge on any atom is -1.00 e. The molecule has 0 amide bonds. The minimum absolute atomic E-state index is 0. The van der Waals surface area contributed by atoms with E-state index in [0.29, 0.717) is 6.04 Å². The van der Waals surface area contributed by atoms with Crippen LogP contribution in [0.4, 0.5) is 11.4 Å². The zero-order chi connectivity index (χ0) is 17.3. The summed E-state index contributed by atoms with van der Waals surface area (Å²) in [5.41, 5.74) is 1.02. The van der Waals surface area contributed by atoms with Crippen LogP contribution in [0.5, 0.6) is 0 Å². The van der Waals surface area contributed by atoms with Gasteiger partial charge in [-0.15, -0.1) is 0 Å². The van der Waals surface area contributed by atoms with Crippen LogP contribution >= 0.6 is 0 Å². The maximum absolute atomic E-state index is 10.6. The first kappa shape index (κ1) is 22.6. The molecule has 138 valence electrons. The van der Waals surface area contributed by atoms with E-state index in [0.717, 1.165) is 49.2 Å². The van der Waals surface area contributed by atoms with Gasteiger partial charge >= 0.3 is 0 Å². The van der Waals surface area contributed by atoms with Gasteiger partial charge in [-0.1, -0.05) is 0 Å². The Balaban J connectivity index is 0.00000529. The van der Waals surface area contributed by atoms with Gasteiger partial charge in [0, 0.05) is 23.9 Å². The molecular formula is C17H30ClN3O3. The van der Waals surface area contributed by atoms with Gasteiger partial charge in [0.05, 0.1) is 31.2 Å². The Labute approximate surface area is 151 Å². The third-order valence-electron chi connectivity index (χ3n) is 4.68. The summed E-state index contributed by atoms with van der Waals surface area (Å²) < 4.78 is 0.959. The number of rotatable bonds is 11. The quantitative estimate of drug-likeness (QED) is 0.332. The molecule has 2 N–H and O–H groups in total. The van der Waals surface area contributed by atoms with Crippen LogP contribution in [0.3, 0.4) is 0 Å². The second kappa shape index (κ2) is 11.2. The van der Waals surface area contributed by atoms with Gasteiger partial charge in [-0.2, -0.15) is 0 Å². The number of nitrogens with zero attached hydrogens (tertiary/aromatic N) is 2. The van der Waals surface area contributed by atoms with Crippen molar-refractivity contribution in [1.29, 1.82) is 0 Å². The van der Waals surface area contributed by atoms with Crippen molar-refractivity contribution in [2.45, 2.75) is 39.7 Å². The highest BCUT2D eigenvalue weighted by molar-refractivity contribution is 5.48. The Morgan fingerprint density at radius 2 is 1.79 bits per heavy atom. The third kappa shape index (κ3) is 7.03. The van der Waals surface area contributed by atoms with Gasteiger partial charge in [0.25, 0.3) is 5.69 Å². The lowest BCUT2D eigenvalue weighted by Crippen LogP contribution is -3.00. The summed E-state index contributed by atoms with van der Waals surface area (Å²) in [4.78, 5) is 10.3. The van der Waals surface area contributed by atoms with Crippen LogP contribution in [0.25, 0.3) is 0 Å². The van der Waals surface area contributed by atoms with E-state index in [2.05, 4.69) is 26.1 Å². The molecule has 1 unspecified atom stereocenters. The topological polar surface area (TPSA) is 75.4 Å². The predicted molar refractivity (Wildman–Crippen MR) is 93.6 cm³/mol. The molecule has 6 nitrogen and oxygen atoms in total. The number of quaternary nitrogens is 1. The van der Waals surface area contributed by atoms with Crippen molar-refractivity contribution in [2.24, 2.45) is 0 Å². The van der Waals surface area contributed by atoms with E-state index in [4.69, 9.17) is 0 Å². The van der Waals surface area contributed by atoms with E-state index < -0.39 is 0 Å². The summed E-state index contributed by atoms with van der Waals surface area (Å²) in [6.07, 6.45) is 2.12. The smallest absolute Gasteiger partial charge is 0.269 e. The van der Waals surface area contributed by atoms with Crippen LogP contribution in [0, 0.1) is 10.1 Å². The molecule has 7 heteroatoms. The van der Waals surface area contributed by atoms with Gasteiger partial charge < -0.3 is 27.3 Å². The maximum Gasteiger partial charge on any atom is 0.269 e. The second-order valence-electron chi connectivity index (χ2n) is 6.14. The van der Waals surface area contributed by atoms with Crippen molar-refractivity contribution in [3.05, 3.63) is 34.4 Å². The number of aliphatic hydroxyl groups is 1. The van der Waals surface area contributed by atoms with Crippen molar-refractivity contribution in [1.82, 2.24) is 0 Å². The SMILES string of the molecule is CC[N+](CC)(CCO)CCCC(C)Nc1ccc([N+](=O)[O-])cc1.[Cl-]. The van der Waals surface area contributed by atoms with Crippen LogP contribution in [0.2, 0.25) is 0 Å². The van der Waals surface area contributed by atoms with Crippen LogP contribution < -0.4 is 17.7 Å². The van der Waals surface area contributed by atoms with Gasteiger partial charge in [-0.3, -0.25) is 10.1 Å². The lowest BCUT2D eigenvalue weighted by Gasteiger charge is -2.36. The van der Waals surface area contributed by atoms with E-state index in [1.54, 1.807) is 12.1 Å². The average molecular weight is 360 g/mol. The van der Waals surface area contributed by atoms with Crippen molar-refractivity contribution in [3.63, 3.8) is 0 Å². The molecule has 0 radical (unpaired) electrons. The molecule has 0 aliphatic rings. The number of aliphatic hydroxyl groups excluding tert-OH is 1. The number of nitro groups is 1. The van der Waals surface area contributed by atoms with Gasteiger partial charge in [0.15, 0.2) is 0 Å². The average Bonchev–Trinajstić information content (AvgIpc) is 2.54. The van der Waals surface area contributed by atoms with E-state index in [9.17, 15) is 15.2 Å². The molecule has 0 saturated heterocycles. The molecule has 0 heterocycles. The molecule has 0 saturated carbocycles. The number of halogens is 1. The van der Waals surface area contributed by atoms with Gasteiger partial charge in [-0.25, -0.2) is 0 Å². The number of hydrogen-bond acceptors (Lipinski definition) is 4. The molecule has 1 atom stereocenters. The minimum atomic E-state index is -0.388. The Bertz CT molecular complexity index is 478.